The molecule has 4 heteroatoms. The minimum atomic E-state index is 0.360. The molecule has 0 bridgehead atoms. The van der Waals surface area contributed by atoms with Crippen molar-refractivity contribution in [2.45, 2.75) is 31.8 Å². The summed E-state index contributed by atoms with van der Waals surface area (Å²) in [4.78, 5) is 0. The maximum atomic E-state index is 6.02. The second-order valence-corrected chi connectivity index (χ2v) is 4.36. The number of halogens is 1. The van der Waals surface area contributed by atoms with Crippen molar-refractivity contribution in [2.75, 3.05) is 0 Å². The van der Waals surface area contributed by atoms with Crippen molar-refractivity contribution in [1.29, 1.82) is 0 Å². The zero-order valence-electron chi connectivity index (χ0n) is 7.97. The zero-order chi connectivity index (χ0) is 9.47. The van der Waals surface area contributed by atoms with Crippen molar-refractivity contribution in [3.05, 3.63) is 16.9 Å². The van der Waals surface area contributed by atoms with Crippen molar-refractivity contribution in [1.82, 2.24) is 15.1 Å². The summed E-state index contributed by atoms with van der Waals surface area (Å²) in [5.41, 5.74) is 1.44. The first-order valence-electron chi connectivity index (χ1n) is 4.52. The molecule has 1 saturated carbocycles. The molecule has 2 rings (SSSR count). The van der Waals surface area contributed by atoms with Crippen LogP contribution in [0.3, 0.4) is 0 Å². The van der Waals surface area contributed by atoms with Crippen LogP contribution in [0.4, 0.5) is 0 Å². The first kappa shape index (κ1) is 9.03. The average molecular weight is 200 g/mol. The molecular weight excluding hydrogens is 186 g/mol. The van der Waals surface area contributed by atoms with Gasteiger partial charge in [-0.15, -0.1) is 0 Å². The predicted octanol–water partition coefficient (Wildman–Crippen LogP) is 1.72. The third-order valence-electron chi connectivity index (χ3n) is 2.64. The third-order valence-corrected chi connectivity index (χ3v) is 3.13. The maximum Gasteiger partial charge on any atom is 0.131 e. The minimum absolute atomic E-state index is 0.360. The van der Waals surface area contributed by atoms with Crippen LogP contribution in [0.2, 0.25) is 5.15 Å². The number of aryl methyl sites for hydroxylation is 1. The van der Waals surface area contributed by atoms with Gasteiger partial charge in [-0.3, -0.25) is 4.68 Å². The fourth-order valence-electron chi connectivity index (χ4n) is 1.26. The van der Waals surface area contributed by atoms with Crippen LogP contribution in [0.5, 0.6) is 0 Å². The first-order chi connectivity index (χ1) is 6.11. The molecular formula is C9H14ClN3. The largest absolute Gasteiger partial charge is 0.307 e. The van der Waals surface area contributed by atoms with E-state index in [1.165, 1.54) is 12.8 Å². The van der Waals surface area contributed by atoms with Gasteiger partial charge in [0.1, 0.15) is 5.15 Å². The molecule has 0 aliphatic heterocycles. The van der Waals surface area contributed by atoms with Crippen LogP contribution in [-0.2, 0) is 13.6 Å². The van der Waals surface area contributed by atoms with Crippen LogP contribution in [0.25, 0.3) is 0 Å². The lowest BCUT2D eigenvalue weighted by Gasteiger charge is -2.09. The van der Waals surface area contributed by atoms with Gasteiger partial charge < -0.3 is 5.32 Å². The van der Waals surface area contributed by atoms with Crippen LogP contribution in [0.1, 0.15) is 25.3 Å². The second kappa shape index (κ2) is 3.00. The predicted molar refractivity (Wildman–Crippen MR) is 52.7 cm³/mol. The highest BCUT2D eigenvalue weighted by atomic mass is 35.5. The van der Waals surface area contributed by atoms with Crippen LogP contribution in [0.15, 0.2) is 6.20 Å². The van der Waals surface area contributed by atoms with E-state index in [9.17, 15) is 0 Å². The Morgan fingerprint density at radius 1 is 1.69 bits per heavy atom. The van der Waals surface area contributed by atoms with Gasteiger partial charge in [0.15, 0.2) is 0 Å². The van der Waals surface area contributed by atoms with E-state index >= 15 is 0 Å². The number of hydrogen-bond donors (Lipinski definition) is 1. The van der Waals surface area contributed by atoms with Gasteiger partial charge in [0.2, 0.25) is 0 Å². The van der Waals surface area contributed by atoms with Gasteiger partial charge >= 0.3 is 0 Å². The van der Waals surface area contributed by atoms with Gasteiger partial charge in [0.25, 0.3) is 0 Å². The summed E-state index contributed by atoms with van der Waals surface area (Å²) in [6.07, 6.45) is 4.36. The van der Waals surface area contributed by atoms with Crippen molar-refractivity contribution < 1.29 is 0 Å². The molecule has 72 valence electrons. The fraction of sp³-hybridized carbons (Fsp3) is 0.667. The van der Waals surface area contributed by atoms with E-state index in [2.05, 4.69) is 17.3 Å². The summed E-state index contributed by atoms with van der Waals surface area (Å²) < 4.78 is 1.69. The Bertz CT molecular complexity index is 315. The highest BCUT2D eigenvalue weighted by molar-refractivity contribution is 6.30. The molecule has 1 aromatic rings. The Morgan fingerprint density at radius 2 is 2.38 bits per heavy atom. The Labute approximate surface area is 83.1 Å². The van der Waals surface area contributed by atoms with E-state index in [1.54, 1.807) is 4.68 Å². The van der Waals surface area contributed by atoms with Crippen molar-refractivity contribution in [2.24, 2.45) is 7.05 Å². The molecule has 0 radical (unpaired) electrons. The van der Waals surface area contributed by atoms with E-state index in [4.69, 9.17) is 11.6 Å². The average Bonchev–Trinajstić information content (AvgIpc) is 2.75. The van der Waals surface area contributed by atoms with E-state index in [0.717, 1.165) is 17.3 Å². The van der Waals surface area contributed by atoms with Gasteiger partial charge in [0.05, 0.1) is 6.20 Å². The summed E-state index contributed by atoms with van der Waals surface area (Å²) in [7, 11) is 1.85. The molecule has 13 heavy (non-hydrogen) atoms. The van der Waals surface area contributed by atoms with Crippen LogP contribution in [-0.4, -0.2) is 15.3 Å². The topological polar surface area (TPSA) is 29.9 Å². The molecule has 0 spiro atoms. The Hall–Kier alpha value is -0.540. The van der Waals surface area contributed by atoms with Gasteiger partial charge in [-0.1, -0.05) is 11.6 Å². The van der Waals surface area contributed by atoms with Gasteiger partial charge in [-0.2, -0.15) is 5.10 Å². The molecule has 0 unspecified atom stereocenters. The van der Waals surface area contributed by atoms with Crippen LogP contribution < -0.4 is 5.32 Å². The molecule has 1 fully saturated rings. The number of aromatic nitrogens is 2. The first-order valence-corrected chi connectivity index (χ1v) is 4.90. The Kier molecular flexibility index (Phi) is 2.08. The summed E-state index contributed by atoms with van der Waals surface area (Å²) in [6, 6.07) is 0. The van der Waals surface area contributed by atoms with Crippen LogP contribution in [0, 0.1) is 0 Å². The van der Waals surface area contributed by atoms with Crippen LogP contribution >= 0.6 is 11.6 Å². The maximum absolute atomic E-state index is 6.02. The highest BCUT2D eigenvalue weighted by Gasteiger charge is 2.36. The fourth-order valence-corrected chi connectivity index (χ4v) is 1.42. The van der Waals surface area contributed by atoms with Crippen molar-refractivity contribution in [3.8, 4) is 0 Å². The summed E-state index contributed by atoms with van der Waals surface area (Å²) in [5.74, 6) is 0. The van der Waals surface area contributed by atoms with E-state index in [0.29, 0.717) is 5.54 Å². The number of nitrogens with one attached hydrogen (secondary N) is 1. The van der Waals surface area contributed by atoms with E-state index < -0.39 is 0 Å². The number of rotatable bonds is 3. The number of hydrogen-bond acceptors (Lipinski definition) is 2. The SMILES string of the molecule is Cn1ncc(CNC2(C)CC2)c1Cl. The molecule has 0 aromatic carbocycles. The molecule has 0 amide bonds. The Balaban J connectivity index is 1.97. The zero-order valence-corrected chi connectivity index (χ0v) is 8.73. The monoisotopic (exact) mass is 199 g/mol. The lowest BCUT2D eigenvalue weighted by molar-refractivity contribution is 0.537. The highest BCUT2D eigenvalue weighted by Crippen LogP contribution is 2.34. The Morgan fingerprint density at radius 3 is 2.85 bits per heavy atom. The molecule has 1 aliphatic rings. The lowest BCUT2D eigenvalue weighted by Crippen LogP contribution is -2.26. The molecule has 1 aliphatic carbocycles. The standard InChI is InChI=1S/C9H14ClN3/c1-9(3-4-9)11-5-7-6-12-13(2)8(7)10/h6,11H,3-5H2,1-2H3. The molecule has 0 saturated heterocycles. The van der Waals surface area contributed by atoms with E-state index in [1.807, 2.05) is 13.2 Å². The van der Waals surface area contributed by atoms with Gasteiger partial charge in [-0.25, -0.2) is 0 Å². The normalized spacial score (nSPS) is 19.0. The number of nitrogens with zero attached hydrogens (tertiary/aromatic N) is 2. The summed E-state index contributed by atoms with van der Waals surface area (Å²) in [5, 5.41) is 8.28. The van der Waals surface area contributed by atoms with Gasteiger partial charge in [-0.05, 0) is 19.8 Å². The van der Waals surface area contributed by atoms with Crippen molar-refractivity contribution in [3.63, 3.8) is 0 Å². The third kappa shape index (κ3) is 1.86. The van der Waals surface area contributed by atoms with E-state index in [-0.39, 0.29) is 0 Å². The molecule has 1 N–H and O–H groups in total. The summed E-state index contributed by atoms with van der Waals surface area (Å²) >= 11 is 6.02. The minimum Gasteiger partial charge on any atom is -0.307 e. The smallest absolute Gasteiger partial charge is 0.131 e. The second-order valence-electron chi connectivity index (χ2n) is 4.00. The molecule has 3 nitrogen and oxygen atoms in total. The molecule has 1 aromatic heterocycles. The summed E-state index contributed by atoms with van der Waals surface area (Å²) in [6.45, 7) is 3.06. The van der Waals surface area contributed by atoms with Crippen molar-refractivity contribution >= 4 is 11.6 Å². The van der Waals surface area contributed by atoms with Gasteiger partial charge in [0, 0.05) is 24.7 Å². The lowest BCUT2D eigenvalue weighted by atomic mass is 10.3. The quantitative estimate of drug-likeness (QED) is 0.804. The molecule has 0 atom stereocenters. The molecule has 1 heterocycles.